The lowest BCUT2D eigenvalue weighted by Crippen LogP contribution is -2.53. The maximum atomic E-state index is 12.2. The molecule has 0 aromatic rings. The molecule has 0 radical (unpaired) electrons. The van der Waals surface area contributed by atoms with E-state index in [1.54, 1.807) is 0 Å². The molecule has 18 heavy (non-hydrogen) atoms. The van der Waals surface area contributed by atoms with E-state index in [0.717, 1.165) is 45.4 Å². The number of carbonyl (C=O) groups is 2. The van der Waals surface area contributed by atoms with Crippen LogP contribution in [0.5, 0.6) is 0 Å². The van der Waals surface area contributed by atoms with Crippen molar-refractivity contribution in [3.8, 4) is 0 Å². The average molecular weight is 253 g/mol. The van der Waals surface area contributed by atoms with Gasteiger partial charge in [-0.15, -0.1) is 0 Å². The molecule has 5 nitrogen and oxygen atoms in total. The van der Waals surface area contributed by atoms with E-state index in [4.69, 9.17) is 5.73 Å². The van der Waals surface area contributed by atoms with Crippen LogP contribution < -0.4 is 5.73 Å². The first-order valence-corrected chi connectivity index (χ1v) is 6.95. The number of nitrogens with two attached hydrogens (primary N) is 1. The van der Waals surface area contributed by atoms with Gasteiger partial charge in [0.25, 0.3) is 0 Å². The molecule has 102 valence electrons. The molecule has 1 unspecified atom stereocenters. The summed E-state index contributed by atoms with van der Waals surface area (Å²) in [5.41, 5.74) is 5.30. The van der Waals surface area contributed by atoms with Gasteiger partial charge in [-0.05, 0) is 32.2 Å². The third kappa shape index (κ3) is 2.66. The maximum Gasteiger partial charge on any atom is 0.235 e. The minimum absolute atomic E-state index is 0.0382. The van der Waals surface area contributed by atoms with E-state index in [1.807, 2.05) is 4.90 Å². The van der Waals surface area contributed by atoms with Crippen molar-refractivity contribution in [1.29, 1.82) is 0 Å². The zero-order valence-electron chi connectivity index (χ0n) is 11.1. The van der Waals surface area contributed by atoms with Crippen molar-refractivity contribution in [3.63, 3.8) is 0 Å². The van der Waals surface area contributed by atoms with Crippen molar-refractivity contribution in [1.82, 2.24) is 9.80 Å². The van der Waals surface area contributed by atoms with Gasteiger partial charge in [0.1, 0.15) is 5.92 Å². The van der Waals surface area contributed by atoms with Crippen LogP contribution in [0, 0.1) is 5.92 Å². The smallest absolute Gasteiger partial charge is 0.235 e. The van der Waals surface area contributed by atoms with Gasteiger partial charge in [-0.2, -0.15) is 0 Å². The zero-order valence-corrected chi connectivity index (χ0v) is 11.1. The second kappa shape index (κ2) is 5.69. The SMILES string of the molecule is CCN1CCC(N2CCCC(C(N)=O)C2=O)CC1. The normalized spacial score (nSPS) is 27.5. The molecule has 1 atom stereocenters. The number of nitrogens with zero attached hydrogens (tertiary/aromatic N) is 2. The van der Waals surface area contributed by atoms with E-state index in [9.17, 15) is 9.59 Å². The summed E-state index contributed by atoms with van der Waals surface area (Å²) in [5, 5.41) is 0. The fourth-order valence-electron chi connectivity index (χ4n) is 3.07. The fraction of sp³-hybridized carbons (Fsp3) is 0.846. The Bertz CT molecular complexity index is 324. The van der Waals surface area contributed by atoms with Gasteiger partial charge < -0.3 is 15.5 Å². The highest BCUT2D eigenvalue weighted by Crippen LogP contribution is 2.24. The molecule has 2 heterocycles. The Balaban J connectivity index is 1.96. The first-order chi connectivity index (χ1) is 8.63. The van der Waals surface area contributed by atoms with Crippen LogP contribution in [-0.4, -0.2) is 53.8 Å². The molecule has 0 spiro atoms. The number of amides is 2. The van der Waals surface area contributed by atoms with E-state index < -0.39 is 11.8 Å². The molecule has 2 saturated heterocycles. The van der Waals surface area contributed by atoms with Crippen molar-refractivity contribution in [2.24, 2.45) is 11.7 Å². The number of primary amides is 1. The Kier molecular flexibility index (Phi) is 4.22. The van der Waals surface area contributed by atoms with Gasteiger partial charge in [0.2, 0.25) is 11.8 Å². The number of likely N-dealkylation sites (tertiary alicyclic amines) is 2. The van der Waals surface area contributed by atoms with Gasteiger partial charge >= 0.3 is 0 Å². The van der Waals surface area contributed by atoms with Gasteiger partial charge in [-0.25, -0.2) is 0 Å². The maximum absolute atomic E-state index is 12.2. The number of hydrogen-bond acceptors (Lipinski definition) is 3. The van der Waals surface area contributed by atoms with E-state index in [1.165, 1.54) is 0 Å². The van der Waals surface area contributed by atoms with Crippen molar-refractivity contribution >= 4 is 11.8 Å². The molecule has 0 aromatic carbocycles. The molecule has 0 saturated carbocycles. The largest absolute Gasteiger partial charge is 0.369 e. The van der Waals surface area contributed by atoms with Crippen LogP contribution in [0.2, 0.25) is 0 Å². The first-order valence-electron chi connectivity index (χ1n) is 6.95. The number of hydrogen-bond donors (Lipinski definition) is 1. The van der Waals surface area contributed by atoms with E-state index >= 15 is 0 Å². The molecule has 5 heteroatoms. The Hall–Kier alpha value is -1.10. The van der Waals surface area contributed by atoms with Crippen LogP contribution in [-0.2, 0) is 9.59 Å². The summed E-state index contributed by atoms with van der Waals surface area (Å²) in [6.45, 7) is 6.12. The minimum Gasteiger partial charge on any atom is -0.369 e. The molecule has 0 aliphatic carbocycles. The highest BCUT2D eigenvalue weighted by Gasteiger charge is 2.36. The van der Waals surface area contributed by atoms with E-state index in [-0.39, 0.29) is 5.91 Å². The van der Waals surface area contributed by atoms with Crippen molar-refractivity contribution in [2.75, 3.05) is 26.2 Å². The van der Waals surface area contributed by atoms with Crippen molar-refractivity contribution < 1.29 is 9.59 Å². The second-order valence-electron chi connectivity index (χ2n) is 5.29. The number of piperidine rings is 2. The molecular weight excluding hydrogens is 230 g/mol. The fourth-order valence-corrected chi connectivity index (χ4v) is 3.07. The summed E-state index contributed by atoms with van der Waals surface area (Å²) in [5.74, 6) is -1.08. The molecule has 2 rings (SSSR count). The van der Waals surface area contributed by atoms with Gasteiger partial charge in [-0.1, -0.05) is 6.92 Å². The van der Waals surface area contributed by atoms with Crippen LogP contribution >= 0.6 is 0 Å². The summed E-state index contributed by atoms with van der Waals surface area (Å²) in [7, 11) is 0. The summed E-state index contributed by atoms with van der Waals surface area (Å²) >= 11 is 0. The Morgan fingerprint density at radius 1 is 1.28 bits per heavy atom. The molecule has 2 amide bonds. The predicted molar refractivity (Wildman–Crippen MR) is 68.8 cm³/mol. The van der Waals surface area contributed by atoms with Crippen LogP contribution in [0.4, 0.5) is 0 Å². The van der Waals surface area contributed by atoms with Crippen LogP contribution in [0.1, 0.15) is 32.6 Å². The Labute approximate surface area is 108 Å². The quantitative estimate of drug-likeness (QED) is 0.730. The highest BCUT2D eigenvalue weighted by atomic mass is 16.2. The van der Waals surface area contributed by atoms with Crippen LogP contribution in [0.25, 0.3) is 0 Å². The molecule has 0 bridgehead atoms. The third-order valence-electron chi connectivity index (χ3n) is 4.26. The molecule has 2 N–H and O–H groups in total. The van der Waals surface area contributed by atoms with Crippen molar-refractivity contribution in [3.05, 3.63) is 0 Å². The average Bonchev–Trinajstić information content (AvgIpc) is 2.39. The molecule has 2 fully saturated rings. The Morgan fingerprint density at radius 3 is 2.50 bits per heavy atom. The summed E-state index contributed by atoms with van der Waals surface area (Å²) in [6.07, 6.45) is 3.56. The first kappa shape index (κ1) is 13.3. The van der Waals surface area contributed by atoms with Crippen molar-refractivity contribution in [2.45, 2.75) is 38.6 Å². The topological polar surface area (TPSA) is 66.6 Å². The third-order valence-corrected chi connectivity index (χ3v) is 4.26. The van der Waals surface area contributed by atoms with Gasteiger partial charge in [0, 0.05) is 25.7 Å². The van der Waals surface area contributed by atoms with Gasteiger partial charge in [0.15, 0.2) is 0 Å². The predicted octanol–water partition coefficient (Wildman–Crippen LogP) is 0.195. The lowest BCUT2D eigenvalue weighted by atomic mass is 9.92. The summed E-state index contributed by atoms with van der Waals surface area (Å²) < 4.78 is 0. The zero-order chi connectivity index (χ0) is 13.1. The molecule has 2 aliphatic heterocycles. The van der Waals surface area contributed by atoms with E-state index in [0.29, 0.717) is 12.5 Å². The molecule has 0 aromatic heterocycles. The lowest BCUT2D eigenvalue weighted by molar-refractivity contribution is -0.146. The van der Waals surface area contributed by atoms with Crippen LogP contribution in [0.15, 0.2) is 0 Å². The van der Waals surface area contributed by atoms with Gasteiger partial charge in [0.05, 0.1) is 0 Å². The summed E-state index contributed by atoms with van der Waals surface area (Å²) in [4.78, 5) is 27.8. The molecule has 2 aliphatic rings. The second-order valence-corrected chi connectivity index (χ2v) is 5.29. The van der Waals surface area contributed by atoms with E-state index in [2.05, 4.69) is 11.8 Å². The number of rotatable bonds is 3. The monoisotopic (exact) mass is 253 g/mol. The number of carbonyl (C=O) groups excluding carboxylic acids is 2. The summed E-state index contributed by atoms with van der Waals surface area (Å²) in [6, 6.07) is 0.308. The minimum atomic E-state index is -0.581. The van der Waals surface area contributed by atoms with Gasteiger partial charge in [-0.3, -0.25) is 9.59 Å². The Morgan fingerprint density at radius 2 is 1.94 bits per heavy atom. The highest BCUT2D eigenvalue weighted by molar-refractivity contribution is 6.00. The van der Waals surface area contributed by atoms with Crippen LogP contribution in [0.3, 0.4) is 0 Å². The standard InChI is InChI=1S/C13H23N3O2/c1-2-15-8-5-10(6-9-15)16-7-3-4-11(12(14)17)13(16)18/h10-11H,2-9H2,1H3,(H2,14,17). The molecular formula is C13H23N3O2. The lowest BCUT2D eigenvalue weighted by Gasteiger charge is -2.41.